The van der Waals surface area contributed by atoms with Crippen LogP contribution in [0.4, 0.5) is 5.69 Å². The van der Waals surface area contributed by atoms with Gasteiger partial charge in [0.2, 0.25) is 0 Å². The summed E-state index contributed by atoms with van der Waals surface area (Å²) in [6.07, 6.45) is 0. The number of nitrogens with one attached hydrogen (secondary N) is 1. The Labute approximate surface area is 53.9 Å². The lowest BCUT2D eigenvalue weighted by Gasteiger charge is -1.96. The van der Waals surface area contributed by atoms with Crippen LogP contribution in [0.3, 0.4) is 0 Å². The van der Waals surface area contributed by atoms with Gasteiger partial charge in [0.1, 0.15) is 5.75 Å². The number of hydrogen-bond acceptors (Lipinski definition) is 1. The van der Waals surface area contributed by atoms with E-state index in [0.717, 1.165) is 5.56 Å². The second kappa shape index (κ2) is 1.97. The van der Waals surface area contributed by atoms with E-state index in [1.807, 2.05) is 0 Å². The molecule has 0 unspecified atom stereocenters. The van der Waals surface area contributed by atoms with Gasteiger partial charge in [0.25, 0.3) is 0 Å². The quantitative estimate of drug-likeness (QED) is 0.558. The number of hydrogen-bond donors (Lipinski definition) is 1. The lowest BCUT2D eigenvalue weighted by atomic mass is 10.2. The first-order chi connectivity index (χ1) is 4.20. The fourth-order valence-corrected chi connectivity index (χ4v) is 0.609. The highest BCUT2D eigenvalue weighted by molar-refractivity contribution is 5.44. The molecule has 0 saturated heterocycles. The van der Waals surface area contributed by atoms with Gasteiger partial charge in [-0.05, 0) is 18.6 Å². The van der Waals surface area contributed by atoms with E-state index >= 15 is 0 Å². The number of rotatable bonds is 0. The van der Waals surface area contributed by atoms with Crippen molar-refractivity contribution in [3.63, 3.8) is 0 Å². The molecule has 1 aromatic rings. The van der Waals surface area contributed by atoms with Crippen molar-refractivity contribution in [2.24, 2.45) is 0 Å². The number of phenols is 1. The summed E-state index contributed by atoms with van der Waals surface area (Å²) in [5, 5.41) is 8.98. The molecule has 0 aliphatic carbocycles. The highest BCUT2D eigenvalue weighted by atomic mass is 16.3. The van der Waals surface area contributed by atoms with Crippen LogP contribution in [0, 0.1) is 6.92 Å². The Hall–Kier alpha value is -1.18. The van der Waals surface area contributed by atoms with Gasteiger partial charge in [0.15, 0.2) is 0 Å². The van der Waals surface area contributed by atoms with Gasteiger partial charge in [-0.2, -0.15) is 0 Å². The Morgan fingerprint density at radius 1 is 1.44 bits per heavy atom. The molecule has 1 radical (unpaired) electrons. The number of phenolic OH excluding ortho intramolecular Hbond substituents is 1. The minimum Gasteiger partial charge on any atom is -0.508 e. The van der Waals surface area contributed by atoms with Crippen molar-refractivity contribution >= 4 is 5.69 Å². The summed E-state index contributed by atoms with van der Waals surface area (Å²) in [6.45, 7) is 1.80. The van der Waals surface area contributed by atoms with Crippen molar-refractivity contribution in [2.45, 2.75) is 6.92 Å². The van der Waals surface area contributed by atoms with E-state index in [4.69, 9.17) is 10.8 Å². The summed E-state index contributed by atoms with van der Waals surface area (Å²) in [7, 11) is 0. The highest BCUT2D eigenvalue weighted by Crippen LogP contribution is 2.18. The standard InChI is InChI=1S/C7H8NO/c1-5-2-3-6(8)4-7(5)9/h2-4,8-9H,1H3. The molecule has 0 saturated carbocycles. The Morgan fingerprint density at radius 2 is 2.11 bits per heavy atom. The van der Waals surface area contributed by atoms with E-state index in [1.54, 1.807) is 19.1 Å². The summed E-state index contributed by atoms with van der Waals surface area (Å²) in [5.41, 5.74) is 8.23. The van der Waals surface area contributed by atoms with Gasteiger partial charge in [-0.3, -0.25) is 0 Å². The van der Waals surface area contributed by atoms with E-state index < -0.39 is 0 Å². The lowest BCUT2D eigenvalue weighted by molar-refractivity contribution is 0.471. The molecular weight excluding hydrogens is 114 g/mol. The monoisotopic (exact) mass is 122 g/mol. The van der Waals surface area contributed by atoms with Gasteiger partial charge in [-0.1, -0.05) is 6.07 Å². The van der Waals surface area contributed by atoms with Crippen LogP contribution in [-0.2, 0) is 0 Å². The molecule has 0 atom stereocenters. The van der Waals surface area contributed by atoms with Crippen molar-refractivity contribution in [3.05, 3.63) is 23.8 Å². The zero-order chi connectivity index (χ0) is 6.85. The van der Waals surface area contributed by atoms with Crippen molar-refractivity contribution in [2.75, 3.05) is 0 Å². The van der Waals surface area contributed by atoms with Gasteiger partial charge in [-0.15, -0.1) is 0 Å². The maximum atomic E-state index is 8.98. The van der Waals surface area contributed by atoms with E-state index in [-0.39, 0.29) is 5.75 Å². The number of benzene rings is 1. The second-order valence-corrected chi connectivity index (χ2v) is 2.00. The third-order valence-electron chi connectivity index (χ3n) is 1.21. The minimum absolute atomic E-state index is 0.197. The maximum Gasteiger partial charge on any atom is 0.120 e. The molecule has 1 aromatic carbocycles. The van der Waals surface area contributed by atoms with Crippen molar-refractivity contribution in [1.29, 1.82) is 0 Å². The number of aromatic hydroxyl groups is 1. The summed E-state index contributed by atoms with van der Waals surface area (Å²) < 4.78 is 0. The van der Waals surface area contributed by atoms with Crippen LogP contribution >= 0.6 is 0 Å². The molecule has 0 spiro atoms. The van der Waals surface area contributed by atoms with Crippen LogP contribution in [0.25, 0.3) is 0 Å². The molecule has 2 nitrogen and oxygen atoms in total. The molecule has 1 rings (SSSR count). The summed E-state index contributed by atoms with van der Waals surface area (Å²) in [5.74, 6) is 0.197. The van der Waals surface area contributed by atoms with Gasteiger partial charge < -0.3 is 10.8 Å². The second-order valence-electron chi connectivity index (χ2n) is 2.00. The van der Waals surface area contributed by atoms with Crippen molar-refractivity contribution < 1.29 is 5.11 Å². The third-order valence-corrected chi connectivity index (χ3v) is 1.21. The molecule has 47 valence electrons. The van der Waals surface area contributed by atoms with Crippen molar-refractivity contribution in [3.8, 4) is 5.75 Å². The van der Waals surface area contributed by atoms with E-state index in [2.05, 4.69) is 0 Å². The first-order valence-corrected chi connectivity index (χ1v) is 2.71. The Bertz CT molecular complexity index is 220. The zero-order valence-electron chi connectivity index (χ0n) is 5.18. The van der Waals surface area contributed by atoms with Crippen LogP contribution < -0.4 is 5.73 Å². The molecule has 0 heterocycles. The van der Waals surface area contributed by atoms with Crippen molar-refractivity contribution in [1.82, 2.24) is 5.73 Å². The van der Waals surface area contributed by atoms with Crippen LogP contribution in [-0.4, -0.2) is 5.11 Å². The molecule has 0 bridgehead atoms. The third kappa shape index (κ3) is 1.13. The van der Waals surface area contributed by atoms with Gasteiger partial charge in [0, 0.05) is 6.07 Å². The summed E-state index contributed by atoms with van der Waals surface area (Å²) in [4.78, 5) is 0. The summed E-state index contributed by atoms with van der Waals surface area (Å²) >= 11 is 0. The predicted molar refractivity (Wildman–Crippen MR) is 35.6 cm³/mol. The Morgan fingerprint density at radius 3 is 2.56 bits per heavy atom. The molecule has 2 N–H and O–H groups in total. The lowest BCUT2D eigenvalue weighted by Crippen LogP contribution is -1.73. The zero-order valence-corrected chi connectivity index (χ0v) is 5.18. The molecular formula is C7H8NO. The fourth-order valence-electron chi connectivity index (χ4n) is 0.609. The van der Waals surface area contributed by atoms with E-state index in [0.29, 0.717) is 5.69 Å². The fraction of sp³-hybridized carbons (Fsp3) is 0.143. The van der Waals surface area contributed by atoms with Crippen LogP contribution in [0.1, 0.15) is 5.56 Å². The largest absolute Gasteiger partial charge is 0.508 e. The molecule has 2 heteroatoms. The molecule has 0 aromatic heterocycles. The summed E-state index contributed by atoms with van der Waals surface area (Å²) in [6, 6.07) is 4.79. The maximum absolute atomic E-state index is 8.98. The van der Waals surface area contributed by atoms with Gasteiger partial charge in [-0.25, -0.2) is 0 Å². The average molecular weight is 122 g/mol. The van der Waals surface area contributed by atoms with Crippen LogP contribution in [0.5, 0.6) is 5.75 Å². The average Bonchev–Trinajstić information content (AvgIpc) is 1.80. The Kier molecular flexibility index (Phi) is 1.30. The van der Waals surface area contributed by atoms with Gasteiger partial charge >= 0.3 is 0 Å². The Balaban J connectivity index is 3.17. The minimum atomic E-state index is 0.197. The van der Waals surface area contributed by atoms with Crippen LogP contribution in [0.2, 0.25) is 0 Å². The normalized spacial score (nSPS) is 9.44. The first kappa shape index (κ1) is 5.95. The number of aryl methyl sites for hydroxylation is 1. The molecule has 0 amide bonds. The molecule has 0 fully saturated rings. The predicted octanol–water partition coefficient (Wildman–Crippen LogP) is 1.62. The van der Waals surface area contributed by atoms with E-state index in [9.17, 15) is 0 Å². The molecule has 0 aliphatic rings. The first-order valence-electron chi connectivity index (χ1n) is 2.71. The SMILES string of the molecule is Cc1ccc([NH])cc1O. The molecule has 0 aliphatic heterocycles. The highest BCUT2D eigenvalue weighted by Gasteiger charge is 1.92. The smallest absolute Gasteiger partial charge is 0.120 e. The molecule has 9 heavy (non-hydrogen) atoms. The van der Waals surface area contributed by atoms with Crippen LogP contribution in [0.15, 0.2) is 18.2 Å². The van der Waals surface area contributed by atoms with Gasteiger partial charge in [0.05, 0.1) is 5.69 Å². The van der Waals surface area contributed by atoms with E-state index in [1.165, 1.54) is 6.07 Å². The topological polar surface area (TPSA) is 44.0 Å².